The first-order valence-corrected chi connectivity index (χ1v) is 35.2. The summed E-state index contributed by atoms with van der Waals surface area (Å²) in [4.78, 5) is 19.6. The Labute approximate surface area is 582 Å². The van der Waals surface area contributed by atoms with Crippen LogP contribution in [0.5, 0.6) is 0 Å². The number of aromatic nitrogens is 6. The van der Waals surface area contributed by atoms with Gasteiger partial charge in [-0.1, -0.05) is 246 Å². The van der Waals surface area contributed by atoms with Crippen LogP contribution in [-0.2, 0) is 10.8 Å². The van der Waals surface area contributed by atoms with Crippen molar-refractivity contribution in [2.45, 2.75) is 171 Å². The van der Waals surface area contributed by atoms with Gasteiger partial charge in [-0.15, -0.1) is 0 Å². The molecule has 0 aliphatic rings. The number of hydrogen-bond acceptors (Lipinski definition) is 2. The molecule has 508 valence electrons. The van der Waals surface area contributed by atoms with E-state index in [2.05, 4.69) is 331 Å². The third kappa shape index (κ3) is 18.8. The molecule has 0 saturated carbocycles. The van der Waals surface area contributed by atoms with Crippen LogP contribution >= 0.6 is 0 Å². The summed E-state index contributed by atoms with van der Waals surface area (Å²) < 4.78 is 11.0. The van der Waals surface area contributed by atoms with Crippen molar-refractivity contribution >= 4 is 87.4 Å². The van der Waals surface area contributed by atoms with Crippen molar-refractivity contribution in [2.24, 2.45) is 0 Å². The minimum absolute atomic E-state index is 0.224. The van der Waals surface area contributed by atoms with Gasteiger partial charge in [0.25, 0.3) is 0 Å². The second-order valence-corrected chi connectivity index (χ2v) is 29.5. The van der Waals surface area contributed by atoms with E-state index in [-0.39, 0.29) is 10.8 Å². The van der Waals surface area contributed by atoms with E-state index in [9.17, 15) is 0 Å². The van der Waals surface area contributed by atoms with Gasteiger partial charge in [-0.25, -0.2) is 0 Å². The van der Waals surface area contributed by atoms with E-state index in [1.165, 1.54) is 115 Å². The number of H-pyrrole nitrogens is 6. The molecule has 0 saturated heterocycles. The molecule has 6 N–H and O–H groups in total. The van der Waals surface area contributed by atoms with Crippen molar-refractivity contribution in [3.05, 3.63) is 288 Å². The Hall–Kier alpha value is -9.92. The van der Waals surface area contributed by atoms with Crippen LogP contribution in [-0.4, -0.2) is 29.9 Å². The van der Waals surface area contributed by atoms with Gasteiger partial charge in [-0.2, -0.15) is 0 Å². The zero-order valence-corrected chi connectivity index (χ0v) is 61.4. The Balaban J connectivity index is 0.000000131. The molecule has 8 heterocycles. The number of para-hydroxylation sites is 5. The Morgan fingerprint density at radius 1 is 0.327 bits per heavy atom. The maximum atomic E-state index is 5.63. The Bertz CT molecular complexity index is 4800. The summed E-state index contributed by atoms with van der Waals surface area (Å²) in [7, 11) is 0. The lowest BCUT2D eigenvalue weighted by atomic mass is 9.85. The van der Waals surface area contributed by atoms with Crippen LogP contribution in [0.3, 0.4) is 0 Å². The molecular formula is C90H106N6O2. The van der Waals surface area contributed by atoms with Crippen LogP contribution in [0.15, 0.2) is 252 Å². The van der Waals surface area contributed by atoms with E-state index in [1.54, 1.807) is 0 Å². The van der Waals surface area contributed by atoms with Crippen LogP contribution in [0.25, 0.3) is 87.4 Å². The van der Waals surface area contributed by atoms with Gasteiger partial charge in [0.05, 0.1) is 6.26 Å². The van der Waals surface area contributed by atoms with Crippen LogP contribution < -0.4 is 0 Å². The zero-order valence-electron chi connectivity index (χ0n) is 61.4. The lowest BCUT2D eigenvalue weighted by molar-refractivity contribution is 0.522. The Kier molecular flexibility index (Phi) is 24.3. The molecule has 8 aromatic heterocycles. The molecular weight excluding hydrogens is 1200 g/mol. The van der Waals surface area contributed by atoms with Gasteiger partial charge in [0.2, 0.25) is 0 Å². The molecule has 0 radical (unpaired) electrons. The maximum Gasteiger partial charge on any atom is 0.134 e. The normalized spacial score (nSPS) is 11.5. The molecule has 0 spiro atoms. The Morgan fingerprint density at radius 3 is 1.55 bits per heavy atom. The van der Waals surface area contributed by atoms with Crippen molar-refractivity contribution in [2.75, 3.05) is 0 Å². The molecule has 98 heavy (non-hydrogen) atoms. The fourth-order valence-electron chi connectivity index (χ4n) is 12.0. The number of hydrogen-bond donors (Lipinski definition) is 6. The molecule has 8 aromatic carbocycles. The van der Waals surface area contributed by atoms with Gasteiger partial charge < -0.3 is 38.7 Å². The summed E-state index contributed by atoms with van der Waals surface area (Å²) in [5.41, 5.74) is 19.5. The van der Waals surface area contributed by atoms with E-state index in [1.807, 2.05) is 67.4 Å². The highest BCUT2D eigenvalue weighted by molar-refractivity contribution is 5.87. The van der Waals surface area contributed by atoms with Crippen molar-refractivity contribution in [3.8, 4) is 0 Å². The third-order valence-corrected chi connectivity index (χ3v) is 17.9. The van der Waals surface area contributed by atoms with E-state index in [4.69, 9.17) is 8.83 Å². The minimum atomic E-state index is 0.224. The zero-order chi connectivity index (χ0) is 70.3. The second-order valence-electron chi connectivity index (χ2n) is 29.5. The number of nitrogens with one attached hydrogen (secondary N) is 6. The predicted octanol–water partition coefficient (Wildman–Crippen LogP) is 27.2. The molecule has 0 aliphatic heterocycles. The van der Waals surface area contributed by atoms with Gasteiger partial charge in [0.1, 0.15) is 16.9 Å². The van der Waals surface area contributed by atoms with Crippen LogP contribution in [0.2, 0.25) is 0 Å². The average Bonchev–Trinajstić information content (AvgIpc) is 1.40. The van der Waals surface area contributed by atoms with E-state index < -0.39 is 0 Å². The summed E-state index contributed by atoms with van der Waals surface area (Å²) in [6.07, 6.45) is 11.9. The molecule has 16 aromatic rings. The molecule has 0 amide bonds. The molecule has 16 rings (SSSR count). The topological polar surface area (TPSA) is 121 Å². The van der Waals surface area contributed by atoms with Gasteiger partial charge in [-0.3, -0.25) is 0 Å². The predicted molar refractivity (Wildman–Crippen MR) is 424 cm³/mol. The van der Waals surface area contributed by atoms with Gasteiger partial charge in [-0.05, 0) is 175 Å². The molecule has 0 atom stereocenters. The van der Waals surface area contributed by atoms with Crippen LogP contribution in [0.4, 0.5) is 0 Å². The summed E-state index contributed by atoms with van der Waals surface area (Å²) >= 11 is 0. The highest BCUT2D eigenvalue weighted by Gasteiger charge is 2.17. The maximum absolute atomic E-state index is 5.63. The van der Waals surface area contributed by atoms with Crippen molar-refractivity contribution < 1.29 is 8.83 Å². The molecule has 0 bridgehead atoms. The molecule has 8 nitrogen and oxygen atoms in total. The highest BCUT2D eigenvalue weighted by atomic mass is 16.3. The number of rotatable bonds is 6. The molecule has 0 unspecified atom stereocenters. The lowest BCUT2D eigenvalue weighted by Crippen LogP contribution is -2.10. The fourth-order valence-corrected chi connectivity index (χ4v) is 12.0. The largest absolute Gasteiger partial charge is 0.464 e. The summed E-state index contributed by atoms with van der Waals surface area (Å²) in [5, 5.41) is 10.3. The molecule has 0 aliphatic carbocycles. The summed E-state index contributed by atoms with van der Waals surface area (Å²) in [6, 6.07) is 71.9. The first kappa shape index (κ1) is 72.4. The van der Waals surface area contributed by atoms with Crippen LogP contribution in [0, 0.1) is 0 Å². The highest BCUT2D eigenvalue weighted by Crippen LogP contribution is 2.32. The lowest BCUT2D eigenvalue weighted by Gasteiger charge is -2.19. The number of furan rings is 2. The van der Waals surface area contributed by atoms with Crippen molar-refractivity contribution in [1.29, 1.82) is 0 Å². The summed E-state index contributed by atoms with van der Waals surface area (Å²) in [6.45, 7) is 39.8. The first-order valence-electron chi connectivity index (χ1n) is 35.2. The van der Waals surface area contributed by atoms with E-state index >= 15 is 0 Å². The monoisotopic (exact) mass is 1300 g/mol. The number of aromatic amines is 6. The van der Waals surface area contributed by atoms with E-state index in [0.29, 0.717) is 35.5 Å². The molecule has 8 heteroatoms. The SMILES string of the molecule is CC(C)(C)c1ccc2cc[nH]c2c1.CC(C)(C)c1cccc2[nH]ccc12.CC(C)c1c[nH]c2ccccc12.CC(C)c1cc2ccccc2[nH]1.CC(C)c1cc2ccccc2o1.CC(C)c1ccc2[nH]ccc2c1.CC(C)c1cccc2cc[nH]c12.CC(C)c1coc2ccccc12. The quantitative estimate of drug-likeness (QED) is 0.0994. The number of benzene rings is 8. The molecule has 0 fully saturated rings. The van der Waals surface area contributed by atoms with Gasteiger partial charge in [0.15, 0.2) is 0 Å². The standard InChI is InChI=1S/2C12H15N.4C11H13N.2C11H12O/c1-12(2,3)10-5-4-9-6-7-13-11(9)8-10;1-12(2,3)10-5-4-6-11-9(10)7-8-13-11;1-8(2)9-3-4-11-10(7-9)5-6-12-11;1-8(2)10-5-3-4-9-6-7-12-11(9)10;1-8(2)10-7-12-11-6-4-3-5-9(10)11;1-8(2)11-7-9-5-3-4-6-10(9)12-11;1-8(2)10-7-12-11-6-4-3-5-9(10)11;1-8(2)11-7-9-5-3-4-6-10(9)12-11/h2*4-8,13H,1-3H3;4*3-8,12H,1-2H3;2*3-8H,1-2H3. The smallest absolute Gasteiger partial charge is 0.134 e. The van der Waals surface area contributed by atoms with Crippen LogP contribution in [0.1, 0.15) is 205 Å². The minimum Gasteiger partial charge on any atom is -0.464 e. The van der Waals surface area contributed by atoms with Crippen molar-refractivity contribution in [1.82, 2.24) is 29.9 Å². The Morgan fingerprint density at radius 2 is 0.888 bits per heavy atom. The van der Waals surface area contributed by atoms with Gasteiger partial charge in [0, 0.05) is 103 Å². The van der Waals surface area contributed by atoms with E-state index in [0.717, 1.165) is 16.9 Å². The third-order valence-electron chi connectivity index (χ3n) is 17.9. The van der Waals surface area contributed by atoms with Crippen molar-refractivity contribution in [3.63, 3.8) is 0 Å². The summed E-state index contributed by atoms with van der Waals surface area (Å²) in [5.74, 6) is 4.46. The first-order chi connectivity index (χ1) is 46.8. The van der Waals surface area contributed by atoms with Gasteiger partial charge >= 0.3 is 0 Å². The second kappa shape index (κ2) is 32.9. The number of fused-ring (bicyclic) bond motifs is 8. The fraction of sp³-hybridized carbons (Fsp3) is 0.289. The average molecular weight is 1300 g/mol.